The lowest BCUT2D eigenvalue weighted by Crippen LogP contribution is -2.30. The third kappa shape index (κ3) is 4.74. The second kappa shape index (κ2) is 7.46. The number of rotatable bonds is 5. The van der Waals surface area contributed by atoms with Crippen LogP contribution in [0.25, 0.3) is 0 Å². The first-order valence-corrected chi connectivity index (χ1v) is 7.35. The van der Waals surface area contributed by atoms with E-state index in [1.165, 1.54) is 0 Å². The van der Waals surface area contributed by atoms with Gasteiger partial charge in [0.15, 0.2) is 0 Å². The first-order chi connectivity index (χ1) is 10.1. The van der Waals surface area contributed by atoms with Crippen molar-refractivity contribution >= 4 is 34.8 Å². The highest BCUT2D eigenvalue weighted by Gasteiger charge is 2.10. The number of benzene rings is 2. The minimum atomic E-state index is -0.115. The zero-order valence-corrected chi connectivity index (χ0v) is 13.1. The lowest BCUT2D eigenvalue weighted by molar-refractivity contribution is -0.115. The van der Waals surface area contributed by atoms with E-state index in [4.69, 9.17) is 23.2 Å². The molecule has 0 aliphatic rings. The molecule has 0 fully saturated rings. The molecule has 0 bridgehead atoms. The maximum absolute atomic E-state index is 11.9. The summed E-state index contributed by atoms with van der Waals surface area (Å²) in [5.41, 5.74) is 1.69. The molecular weight excluding hydrogens is 307 g/mol. The second-order valence-corrected chi connectivity index (χ2v) is 5.52. The maximum atomic E-state index is 11.9. The van der Waals surface area contributed by atoms with Gasteiger partial charge in [0, 0.05) is 21.8 Å². The van der Waals surface area contributed by atoms with Gasteiger partial charge >= 0.3 is 0 Å². The van der Waals surface area contributed by atoms with Crippen LogP contribution >= 0.6 is 23.2 Å². The molecule has 2 N–H and O–H groups in total. The fraction of sp³-hybridized carbons (Fsp3) is 0.188. The number of anilines is 1. The van der Waals surface area contributed by atoms with Crippen LogP contribution < -0.4 is 10.6 Å². The average Bonchev–Trinajstić information content (AvgIpc) is 2.48. The monoisotopic (exact) mass is 322 g/mol. The molecule has 1 atom stereocenters. The number of hydrogen-bond donors (Lipinski definition) is 2. The number of carbonyl (C=O) groups excluding carboxylic acids is 1. The summed E-state index contributed by atoms with van der Waals surface area (Å²) in [6, 6.07) is 14.6. The standard InChI is InChI=1S/C16H16Cl2N2O/c1-11(14-4-2-3-5-15(14)18)19-10-16(21)20-13-8-6-12(17)7-9-13/h2-9,11,19H,10H2,1H3,(H,20,21)/t11-/m1/s1. The van der Waals surface area contributed by atoms with E-state index in [1.807, 2.05) is 31.2 Å². The summed E-state index contributed by atoms with van der Waals surface area (Å²) < 4.78 is 0. The van der Waals surface area contributed by atoms with Crippen molar-refractivity contribution in [2.75, 3.05) is 11.9 Å². The van der Waals surface area contributed by atoms with Gasteiger partial charge in [0.25, 0.3) is 0 Å². The van der Waals surface area contributed by atoms with Crippen LogP contribution in [0.15, 0.2) is 48.5 Å². The molecule has 0 saturated carbocycles. The van der Waals surface area contributed by atoms with Gasteiger partial charge in [-0.1, -0.05) is 41.4 Å². The number of carbonyl (C=O) groups is 1. The van der Waals surface area contributed by atoms with E-state index in [0.717, 1.165) is 11.3 Å². The lowest BCUT2D eigenvalue weighted by atomic mass is 10.1. The molecule has 0 aliphatic carbocycles. The molecule has 3 nitrogen and oxygen atoms in total. The van der Waals surface area contributed by atoms with Crippen LogP contribution in [0.2, 0.25) is 10.0 Å². The summed E-state index contributed by atoms with van der Waals surface area (Å²) >= 11 is 11.9. The third-order valence-corrected chi connectivity index (χ3v) is 3.66. The van der Waals surface area contributed by atoms with Crippen molar-refractivity contribution in [3.05, 3.63) is 64.1 Å². The van der Waals surface area contributed by atoms with Crippen LogP contribution in [0, 0.1) is 0 Å². The highest BCUT2D eigenvalue weighted by Crippen LogP contribution is 2.21. The first-order valence-electron chi connectivity index (χ1n) is 6.59. The number of nitrogens with one attached hydrogen (secondary N) is 2. The van der Waals surface area contributed by atoms with Crippen molar-refractivity contribution < 1.29 is 4.79 Å². The highest BCUT2D eigenvalue weighted by atomic mass is 35.5. The van der Waals surface area contributed by atoms with Gasteiger partial charge in [-0.3, -0.25) is 4.79 Å². The van der Waals surface area contributed by atoms with E-state index in [-0.39, 0.29) is 18.5 Å². The molecule has 0 saturated heterocycles. The molecule has 2 rings (SSSR count). The van der Waals surface area contributed by atoms with Crippen LogP contribution in [0.5, 0.6) is 0 Å². The van der Waals surface area contributed by atoms with E-state index in [1.54, 1.807) is 24.3 Å². The zero-order chi connectivity index (χ0) is 15.2. The van der Waals surface area contributed by atoms with Crippen molar-refractivity contribution in [1.82, 2.24) is 5.32 Å². The molecule has 5 heteroatoms. The van der Waals surface area contributed by atoms with Crippen molar-refractivity contribution in [3.63, 3.8) is 0 Å². The Kier molecular flexibility index (Phi) is 5.62. The normalized spacial score (nSPS) is 12.0. The van der Waals surface area contributed by atoms with Gasteiger partial charge in [-0.25, -0.2) is 0 Å². The van der Waals surface area contributed by atoms with E-state index < -0.39 is 0 Å². The molecule has 0 aliphatic heterocycles. The topological polar surface area (TPSA) is 41.1 Å². The lowest BCUT2D eigenvalue weighted by Gasteiger charge is -2.15. The molecule has 2 aromatic carbocycles. The predicted octanol–water partition coefficient (Wildman–Crippen LogP) is 4.28. The van der Waals surface area contributed by atoms with Crippen LogP contribution in [-0.2, 0) is 4.79 Å². The Balaban J connectivity index is 1.86. The minimum Gasteiger partial charge on any atom is -0.325 e. The second-order valence-electron chi connectivity index (χ2n) is 4.68. The first kappa shape index (κ1) is 15.8. The van der Waals surface area contributed by atoms with E-state index in [2.05, 4.69) is 10.6 Å². The smallest absolute Gasteiger partial charge is 0.238 e. The Morgan fingerprint density at radius 1 is 1.10 bits per heavy atom. The largest absolute Gasteiger partial charge is 0.325 e. The van der Waals surface area contributed by atoms with Crippen LogP contribution in [0.1, 0.15) is 18.5 Å². The SMILES string of the molecule is C[C@@H](NCC(=O)Nc1ccc(Cl)cc1)c1ccccc1Cl. The summed E-state index contributed by atoms with van der Waals surface area (Å²) in [6.45, 7) is 2.17. The van der Waals surface area contributed by atoms with Gasteiger partial charge < -0.3 is 10.6 Å². The van der Waals surface area contributed by atoms with Gasteiger partial charge in [-0.2, -0.15) is 0 Å². The van der Waals surface area contributed by atoms with Crippen molar-refractivity contribution in [1.29, 1.82) is 0 Å². The van der Waals surface area contributed by atoms with Crippen molar-refractivity contribution in [2.45, 2.75) is 13.0 Å². The van der Waals surface area contributed by atoms with Crippen molar-refractivity contribution in [3.8, 4) is 0 Å². The molecule has 0 heterocycles. The predicted molar refractivity (Wildman–Crippen MR) is 88.0 cm³/mol. The van der Waals surface area contributed by atoms with Crippen LogP contribution in [0.4, 0.5) is 5.69 Å². The van der Waals surface area contributed by atoms with Gasteiger partial charge in [-0.05, 0) is 42.8 Å². The molecule has 0 spiro atoms. The van der Waals surface area contributed by atoms with E-state index in [0.29, 0.717) is 10.0 Å². The summed E-state index contributed by atoms with van der Waals surface area (Å²) in [7, 11) is 0. The quantitative estimate of drug-likeness (QED) is 0.862. The van der Waals surface area contributed by atoms with E-state index >= 15 is 0 Å². The van der Waals surface area contributed by atoms with Gasteiger partial charge in [0.05, 0.1) is 6.54 Å². The molecular formula is C16H16Cl2N2O. The Morgan fingerprint density at radius 2 is 1.76 bits per heavy atom. The third-order valence-electron chi connectivity index (χ3n) is 3.07. The molecule has 0 aromatic heterocycles. The van der Waals surface area contributed by atoms with Crippen molar-refractivity contribution in [2.24, 2.45) is 0 Å². The van der Waals surface area contributed by atoms with Gasteiger partial charge in [-0.15, -0.1) is 0 Å². The summed E-state index contributed by atoms with van der Waals surface area (Å²) in [5.74, 6) is -0.115. The Labute approximate surface area is 134 Å². The minimum absolute atomic E-state index is 0.00494. The molecule has 0 unspecified atom stereocenters. The van der Waals surface area contributed by atoms with E-state index in [9.17, 15) is 4.79 Å². The number of amides is 1. The molecule has 110 valence electrons. The fourth-order valence-electron chi connectivity index (χ4n) is 1.92. The molecule has 21 heavy (non-hydrogen) atoms. The van der Waals surface area contributed by atoms with Gasteiger partial charge in [0.1, 0.15) is 0 Å². The zero-order valence-electron chi connectivity index (χ0n) is 11.6. The average molecular weight is 323 g/mol. The number of hydrogen-bond acceptors (Lipinski definition) is 2. The van der Waals surface area contributed by atoms with Gasteiger partial charge in [0.2, 0.25) is 5.91 Å². The maximum Gasteiger partial charge on any atom is 0.238 e. The Hall–Kier alpha value is -1.55. The van der Waals surface area contributed by atoms with Crippen LogP contribution in [-0.4, -0.2) is 12.5 Å². The highest BCUT2D eigenvalue weighted by molar-refractivity contribution is 6.31. The molecule has 0 radical (unpaired) electrons. The molecule has 1 amide bonds. The van der Waals surface area contributed by atoms with Crippen LogP contribution in [0.3, 0.4) is 0 Å². The summed E-state index contributed by atoms with van der Waals surface area (Å²) in [4.78, 5) is 11.9. The molecule has 2 aromatic rings. The Bertz CT molecular complexity index is 614. The number of halogens is 2. The summed E-state index contributed by atoms with van der Waals surface area (Å²) in [6.07, 6.45) is 0. The fourth-order valence-corrected chi connectivity index (χ4v) is 2.35. The Morgan fingerprint density at radius 3 is 2.43 bits per heavy atom. The summed E-state index contributed by atoms with van der Waals surface area (Å²) in [5, 5.41) is 7.27.